The number of carbonyl (C=O) groups excluding carboxylic acids is 2. The van der Waals surface area contributed by atoms with E-state index in [2.05, 4.69) is 14.2 Å². The molecule has 0 spiro atoms. The quantitative estimate of drug-likeness (QED) is 0.335. The lowest BCUT2D eigenvalue weighted by Gasteiger charge is -2.24. The van der Waals surface area contributed by atoms with Crippen molar-refractivity contribution in [2.45, 2.75) is 12.7 Å². The predicted octanol–water partition coefficient (Wildman–Crippen LogP) is -0.263. The maximum absolute atomic E-state index is 11.0. The lowest BCUT2D eigenvalue weighted by Crippen LogP contribution is -2.49. The fourth-order valence-corrected chi connectivity index (χ4v) is 0.816. The van der Waals surface area contributed by atoms with Crippen LogP contribution in [-0.2, 0) is 23.8 Å². The number of Topliss-reactive ketones (excluding diaryl/α,β-unsaturated/α-hetero) is 1. The largest absolute Gasteiger partial charge is 0.465 e. The predicted molar refractivity (Wildman–Crippen MR) is 39.4 cm³/mol. The standard InChI is InChI=1S/C7H12O5/c1-5(8)7(11-3,12-4)6(9)10-2/h1-4H3. The van der Waals surface area contributed by atoms with Crippen LogP contribution in [0.1, 0.15) is 6.92 Å². The molecular formula is C7H12O5. The van der Waals surface area contributed by atoms with Crippen molar-refractivity contribution in [3.63, 3.8) is 0 Å². The summed E-state index contributed by atoms with van der Waals surface area (Å²) < 4.78 is 13.7. The molecule has 5 heteroatoms. The van der Waals surface area contributed by atoms with Gasteiger partial charge >= 0.3 is 11.8 Å². The Morgan fingerprint density at radius 2 is 1.50 bits per heavy atom. The summed E-state index contributed by atoms with van der Waals surface area (Å²) in [5, 5.41) is 0. The Morgan fingerprint density at radius 3 is 1.58 bits per heavy atom. The zero-order valence-electron chi connectivity index (χ0n) is 7.54. The minimum Gasteiger partial charge on any atom is -0.465 e. The van der Waals surface area contributed by atoms with Gasteiger partial charge in [0.2, 0.25) is 5.78 Å². The molecular weight excluding hydrogens is 164 g/mol. The van der Waals surface area contributed by atoms with E-state index < -0.39 is 17.5 Å². The van der Waals surface area contributed by atoms with E-state index in [-0.39, 0.29) is 0 Å². The summed E-state index contributed by atoms with van der Waals surface area (Å²) in [6.45, 7) is 1.18. The van der Waals surface area contributed by atoms with Crippen LogP contribution in [0.3, 0.4) is 0 Å². The summed E-state index contributed by atoms with van der Waals surface area (Å²) in [6.07, 6.45) is 0. The molecule has 0 saturated heterocycles. The molecule has 0 aromatic rings. The van der Waals surface area contributed by atoms with Crippen molar-refractivity contribution in [2.75, 3.05) is 21.3 Å². The van der Waals surface area contributed by atoms with Crippen LogP contribution in [0.4, 0.5) is 0 Å². The highest BCUT2D eigenvalue weighted by Crippen LogP contribution is 2.14. The number of ketones is 1. The molecule has 0 rings (SSSR count). The molecule has 0 N–H and O–H groups in total. The number of hydrogen-bond acceptors (Lipinski definition) is 5. The second-order valence-electron chi connectivity index (χ2n) is 2.07. The highest BCUT2D eigenvalue weighted by atomic mass is 16.7. The van der Waals surface area contributed by atoms with Crippen LogP contribution in [0.15, 0.2) is 0 Å². The van der Waals surface area contributed by atoms with E-state index >= 15 is 0 Å². The molecule has 5 nitrogen and oxygen atoms in total. The third kappa shape index (κ3) is 1.62. The van der Waals surface area contributed by atoms with Gasteiger partial charge in [-0.15, -0.1) is 0 Å². The first-order valence-corrected chi connectivity index (χ1v) is 3.25. The van der Waals surface area contributed by atoms with Gasteiger partial charge in [-0.1, -0.05) is 0 Å². The molecule has 12 heavy (non-hydrogen) atoms. The summed E-state index contributed by atoms with van der Waals surface area (Å²) in [5.74, 6) is -3.33. The van der Waals surface area contributed by atoms with Gasteiger partial charge in [0, 0.05) is 21.1 Å². The smallest absolute Gasteiger partial charge is 0.375 e. The van der Waals surface area contributed by atoms with Crippen LogP contribution < -0.4 is 0 Å². The fourth-order valence-electron chi connectivity index (χ4n) is 0.816. The van der Waals surface area contributed by atoms with Crippen molar-refractivity contribution in [3.05, 3.63) is 0 Å². The lowest BCUT2D eigenvalue weighted by molar-refractivity contribution is -0.222. The lowest BCUT2D eigenvalue weighted by atomic mass is 10.2. The molecule has 0 heterocycles. The van der Waals surface area contributed by atoms with Crippen LogP contribution in [0.5, 0.6) is 0 Å². The van der Waals surface area contributed by atoms with Crippen LogP contribution in [0, 0.1) is 0 Å². The van der Waals surface area contributed by atoms with Gasteiger partial charge in [0.15, 0.2) is 0 Å². The molecule has 0 fully saturated rings. The first kappa shape index (κ1) is 11.1. The zero-order chi connectivity index (χ0) is 9.78. The molecule has 0 amide bonds. The Balaban J connectivity index is 4.82. The van der Waals surface area contributed by atoms with Crippen LogP contribution in [0.25, 0.3) is 0 Å². The summed E-state index contributed by atoms with van der Waals surface area (Å²) in [5.41, 5.74) is 0. The minimum absolute atomic E-state index is 0.556. The van der Waals surface area contributed by atoms with Gasteiger partial charge in [0.25, 0.3) is 0 Å². The van der Waals surface area contributed by atoms with Gasteiger partial charge < -0.3 is 14.2 Å². The molecule has 70 valence electrons. The second kappa shape index (κ2) is 4.18. The van der Waals surface area contributed by atoms with Crippen molar-refractivity contribution in [1.29, 1.82) is 0 Å². The Labute approximate surface area is 70.6 Å². The highest BCUT2D eigenvalue weighted by molar-refractivity contribution is 6.04. The van der Waals surface area contributed by atoms with E-state index in [1.54, 1.807) is 0 Å². The summed E-state index contributed by atoms with van der Waals surface area (Å²) in [4.78, 5) is 22.0. The van der Waals surface area contributed by atoms with Crippen molar-refractivity contribution in [3.8, 4) is 0 Å². The average Bonchev–Trinajstić information content (AvgIpc) is 2.06. The van der Waals surface area contributed by atoms with E-state index in [0.717, 1.165) is 7.11 Å². The van der Waals surface area contributed by atoms with Gasteiger partial charge in [-0.2, -0.15) is 0 Å². The summed E-state index contributed by atoms with van der Waals surface area (Å²) in [6, 6.07) is 0. The molecule has 0 radical (unpaired) electrons. The molecule has 0 saturated carbocycles. The molecule has 0 atom stereocenters. The normalized spacial score (nSPS) is 11.0. The molecule has 0 aromatic carbocycles. The van der Waals surface area contributed by atoms with E-state index in [0.29, 0.717) is 0 Å². The molecule has 0 unspecified atom stereocenters. The van der Waals surface area contributed by atoms with Gasteiger partial charge in [0.1, 0.15) is 0 Å². The first-order valence-electron chi connectivity index (χ1n) is 3.25. The van der Waals surface area contributed by atoms with Gasteiger partial charge in [-0.05, 0) is 0 Å². The highest BCUT2D eigenvalue weighted by Gasteiger charge is 2.45. The van der Waals surface area contributed by atoms with Crippen molar-refractivity contribution < 1.29 is 23.8 Å². The number of rotatable bonds is 4. The maximum atomic E-state index is 11.0. The number of esters is 1. The Hall–Kier alpha value is -0.940. The fraction of sp³-hybridized carbons (Fsp3) is 0.714. The van der Waals surface area contributed by atoms with Crippen molar-refractivity contribution in [1.82, 2.24) is 0 Å². The third-order valence-electron chi connectivity index (χ3n) is 1.49. The Bertz CT molecular complexity index is 182. The minimum atomic E-state index is -1.91. The van der Waals surface area contributed by atoms with Crippen LogP contribution in [-0.4, -0.2) is 38.9 Å². The van der Waals surface area contributed by atoms with Gasteiger partial charge in [0.05, 0.1) is 7.11 Å². The molecule has 0 aliphatic heterocycles. The van der Waals surface area contributed by atoms with Gasteiger partial charge in [-0.3, -0.25) is 4.79 Å². The van der Waals surface area contributed by atoms with Crippen LogP contribution >= 0.6 is 0 Å². The van der Waals surface area contributed by atoms with Crippen molar-refractivity contribution in [2.24, 2.45) is 0 Å². The monoisotopic (exact) mass is 176 g/mol. The third-order valence-corrected chi connectivity index (χ3v) is 1.49. The van der Waals surface area contributed by atoms with Crippen molar-refractivity contribution >= 4 is 11.8 Å². The van der Waals surface area contributed by atoms with E-state index in [9.17, 15) is 9.59 Å². The summed E-state index contributed by atoms with van der Waals surface area (Å²) in [7, 11) is 3.54. The summed E-state index contributed by atoms with van der Waals surface area (Å²) >= 11 is 0. The number of hydrogen-bond donors (Lipinski definition) is 0. The SMILES string of the molecule is COC(=O)C(OC)(OC)C(C)=O. The Morgan fingerprint density at radius 1 is 1.08 bits per heavy atom. The Kier molecular flexibility index (Phi) is 3.85. The number of ether oxygens (including phenoxy) is 3. The zero-order valence-corrected chi connectivity index (χ0v) is 7.54. The van der Waals surface area contributed by atoms with E-state index in [1.807, 2.05) is 0 Å². The number of carbonyl (C=O) groups is 2. The molecule has 0 bridgehead atoms. The molecule has 0 aliphatic carbocycles. The van der Waals surface area contributed by atoms with Gasteiger partial charge in [-0.25, -0.2) is 4.79 Å². The first-order chi connectivity index (χ1) is 5.55. The average molecular weight is 176 g/mol. The maximum Gasteiger partial charge on any atom is 0.375 e. The molecule has 0 aliphatic rings. The molecule has 0 aromatic heterocycles. The van der Waals surface area contributed by atoms with E-state index in [4.69, 9.17) is 0 Å². The van der Waals surface area contributed by atoms with Crippen LogP contribution in [0.2, 0.25) is 0 Å². The second-order valence-corrected chi connectivity index (χ2v) is 2.07. The number of methoxy groups -OCH3 is 3. The van der Waals surface area contributed by atoms with E-state index in [1.165, 1.54) is 21.1 Å². The topological polar surface area (TPSA) is 61.8 Å².